The summed E-state index contributed by atoms with van der Waals surface area (Å²) in [4.78, 5) is 12.6. The molecule has 0 saturated carbocycles. The zero-order valence-corrected chi connectivity index (χ0v) is 14.5. The van der Waals surface area contributed by atoms with Gasteiger partial charge in [0.1, 0.15) is 17.9 Å². The maximum atomic E-state index is 12.6. The van der Waals surface area contributed by atoms with Crippen LogP contribution in [0.2, 0.25) is 0 Å². The Bertz CT molecular complexity index is 713. The summed E-state index contributed by atoms with van der Waals surface area (Å²) in [5.74, 6) is 0.689. The molecule has 23 heavy (non-hydrogen) atoms. The van der Waals surface area contributed by atoms with Crippen LogP contribution in [0.1, 0.15) is 18.1 Å². The lowest BCUT2D eigenvalue weighted by atomic mass is 9.91. The van der Waals surface area contributed by atoms with Crippen molar-refractivity contribution in [2.45, 2.75) is 24.9 Å². The first-order chi connectivity index (χ1) is 11.0. The van der Waals surface area contributed by atoms with Gasteiger partial charge in [-0.15, -0.1) is 0 Å². The highest BCUT2D eigenvalue weighted by molar-refractivity contribution is 9.10. The molecule has 1 aliphatic heterocycles. The number of amides is 1. The van der Waals surface area contributed by atoms with Gasteiger partial charge in [-0.05, 0) is 42.7 Å². The first kappa shape index (κ1) is 16.0. The number of benzene rings is 2. The van der Waals surface area contributed by atoms with Crippen LogP contribution < -0.4 is 15.8 Å². The van der Waals surface area contributed by atoms with Crippen molar-refractivity contribution in [3.05, 3.63) is 64.1 Å². The minimum absolute atomic E-state index is 0.0734. The first-order valence-corrected chi connectivity index (χ1v) is 8.33. The van der Waals surface area contributed by atoms with Crippen LogP contribution in [0.4, 0.5) is 0 Å². The number of hydrogen-bond acceptors (Lipinski definition) is 3. The van der Waals surface area contributed by atoms with E-state index in [9.17, 15) is 4.79 Å². The highest BCUT2D eigenvalue weighted by atomic mass is 79.9. The third-order valence-corrected chi connectivity index (χ3v) is 4.66. The lowest BCUT2D eigenvalue weighted by Gasteiger charge is -2.30. The zero-order valence-electron chi connectivity index (χ0n) is 12.9. The van der Waals surface area contributed by atoms with Crippen LogP contribution in [0, 0.1) is 0 Å². The van der Waals surface area contributed by atoms with Gasteiger partial charge in [-0.1, -0.05) is 46.3 Å². The molecular formula is C18H19BrN2O2. The summed E-state index contributed by atoms with van der Waals surface area (Å²) < 4.78 is 6.66. The minimum Gasteiger partial charge on any atom is -0.491 e. The highest BCUT2D eigenvalue weighted by Gasteiger charge is 2.33. The summed E-state index contributed by atoms with van der Waals surface area (Å²) in [5, 5.41) is 3.01. The van der Waals surface area contributed by atoms with Crippen molar-refractivity contribution < 1.29 is 9.53 Å². The third-order valence-electron chi connectivity index (χ3n) is 4.13. The van der Waals surface area contributed by atoms with Gasteiger partial charge in [-0.3, -0.25) is 4.79 Å². The Kier molecular flexibility index (Phi) is 4.41. The molecule has 1 heterocycles. The number of hydrogen-bond donors (Lipinski definition) is 2. The van der Waals surface area contributed by atoms with Crippen molar-refractivity contribution in [2.75, 3.05) is 6.61 Å². The lowest BCUT2D eigenvalue weighted by molar-refractivity contribution is -0.127. The van der Waals surface area contributed by atoms with E-state index in [0.717, 1.165) is 27.8 Å². The van der Waals surface area contributed by atoms with Gasteiger partial charge < -0.3 is 15.8 Å². The van der Waals surface area contributed by atoms with Gasteiger partial charge in [0.05, 0.1) is 6.04 Å². The fraction of sp³-hybridized carbons (Fsp3) is 0.278. The fourth-order valence-electron chi connectivity index (χ4n) is 2.68. The van der Waals surface area contributed by atoms with Crippen molar-refractivity contribution >= 4 is 21.8 Å². The Morgan fingerprint density at radius 3 is 2.70 bits per heavy atom. The predicted molar refractivity (Wildman–Crippen MR) is 93.3 cm³/mol. The molecule has 0 fully saturated rings. The number of carbonyl (C=O) groups is 1. The van der Waals surface area contributed by atoms with Crippen LogP contribution in [-0.2, 0) is 16.8 Å². The predicted octanol–water partition coefficient (Wildman–Crippen LogP) is 2.74. The second kappa shape index (κ2) is 6.34. The number of nitrogens with two attached hydrogens (primary N) is 1. The van der Waals surface area contributed by atoms with Crippen LogP contribution in [0.15, 0.2) is 53.0 Å². The molecular weight excluding hydrogens is 356 g/mol. The van der Waals surface area contributed by atoms with Crippen LogP contribution in [0.25, 0.3) is 0 Å². The van der Waals surface area contributed by atoms with Crippen LogP contribution in [-0.4, -0.2) is 18.6 Å². The van der Waals surface area contributed by atoms with Gasteiger partial charge in [-0.25, -0.2) is 0 Å². The molecule has 0 aromatic heterocycles. The molecule has 0 bridgehead atoms. The molecule has 0 saturated heterocycles. The third kappa shape index (κ3) is 3.41. The van der Waals surface area contributed by atoms with Crippen LogP contribution >= 0.6 is 15.9 Å². The highest BCUT2D eigenvalue weighted by Crippen LogP contribution is 2.25. The van der Waals surface area contributed by atoms with Crippen LogP contribution in [0.3, 0.4) is 0 Å². The summed E-state index contributed by atoms with van der Waals surface area (Å²) in [6, 6.07) is 15.3. The summed E-state index contributed by atoms with van der Waals surface area (Å²) in [7, 11) is 0. The van der Waals surface area contributed by atoms with Gasteiger partial charge in [0, 0.05) is 4.47 Å². The van der Waals surface area contributed by atoms with Gasteiger partial charge in [0.25, 0.3) is 0 Å². The van der Waals surface area contributed by atoms with E-state index in [0.29, 0.717) is 6.61 Å². The normalized spacial score (nSPS) is 19.2. The largest absolute Gasteiger partial charge is 0.491 e. The van der Waals surface area contributed by atoms with E-state index in [1.54, 1.807) is 6.92 Å². The van der Waals surface area contributed by atoms with E-state index in [1.165, 1.54) is 0 Å². The molecule has 1 aliphatic rings. The summed E-state index contributed by atoms with van der Waals surface area (Å²) in [6.07, 6.45) is 0.748. The molecule has 0 radical (unpaired) electrons. The Labute approximate surface area is 144 Å². The number of fused-ring (bicyclic) bond motifs is 1. The number of carbonyl (C=O) groups excluding carboxylic acids is 1. The average molecular weight is 375 g/mol. The second-order valence-electron chi connectivity index (χ2n) is 6.00. The number of halogens is 1. The van der Waals surface area contributed by atoms with Crippen LogP contribution in [0.5, 0.6) is 5.75 Å². The molecule has 2 aromatic rings. The average Bonchev–Trinajstić information content (AvgIpc) is 2.55. The number of rotatable bonds is 3. The SMILES string of the molecule is CC(N)(C(=O)NC1COc2ccccc2C1)c1ccc(Br)cc1. The summed E-state index contributed by atoms with van der Waals surface area (Å²) in [5.41, 5.74) is 7.07. The molecule has 3 rings (SSSR count). The molecule has 2 unspecified atom stereocenters. The molecule has 4 nitrogen and oxygen atoms in total. The minimum atomic E-state index is -1.09. The van der Waals surface area contributed by atoms with Crippen molar-refractivity contribution in [1.29, 1.82) is 0 Å². The van der Waals surface area contributed by atoms with Gasteiger partial charge in [-0.2, -0.15) is 0 Å². The number of para-hydroxylation sites is 1. The van der Waals surface area contributed by atoms with E-state index in [2.05, 4.69) is 21.2 Å². The van der Waals surface area contributed by atoms with E-state index in [-0.39, 0.29) is 11.9 Å². The topological polar surface area (TPSA) is 64.4 Å². The smallest absolute Gasteiger partial charge is 0.244 e. The van der Waals surface area contributed by atoms with Gasteiger partial charge >= 0.3 is 0 Å². The molecule has 5 heteroatoms. The Hall–Kier alpha value is -1.85. The summed E-state index contributed by atoms with van der Waals surface area (Å²) >= 11 is 3.39. The Morgan fingerprint density at radius 1 is 1.26 bits per heavy atom. The van der Waals surface area contributed by atoms with E-state index in [4.69, 9.17) is 10.5 Å². The quantitative estimate of drug-likeness (QED) is 0.867. The van der Waals surface area contributed by atoms with Gasteiger partial charge in [0.2, 0.25) is 5.91 Å². The second-order valence-corrected chi connectivity index (χ2v) is 6.92. The van der Waals surface area contributed by atoms with Crippen molar-refractivity contribution in [1.82, 2.24) is 5.32 Å². The summed E-state index contributed by atoms with van der Waals surface area (Å²) in [6.45, 7) is 2.18. The van der Waals surface area contributed by atoms with Crippen molar-refractivity contribution in [3.8, 4) is 5.75 Å². The van der Waals surface area contributed by atoms with E-state index < -0.39 is 5.54 Å². The van der Waals surface area contributed by atoms with Crippen molar-refractivity contribution in [3.63, 3.8) is 0 Å². The molecule has 1 amide bonds. The molecule has 0 spiro atoms. The Balaban J connectivity index is 1.70. The van der Waals surface area contributed by atoms with Gasteiger partial charge in [0.15, 0.2) is 0 Å². The Morgan fingerprint density at radius 2 is 1.96 bits per heavy atom. The number of nitrogens with one attached hydrogen (secondary N) is 1. The molecule has 0 aliphatic carbocycles. The maximum Gasteiger partial charge on any atom is 0.244 e. The molecule has 120 valence electrons. The van der Waals surface area contributed by atoms with E-state index >= 15 is 0 Å². The molecule has 2 atom stereocenters. The maximum absolute atomic E-state index is 12.6. The van der Waals surface area contributed by atoms with Crippen molar-refractivity contribution in [2.24, 2.45) is 5.73 Å². The zero-order chi connectivity index (χ0) is 16.4. The molecule has 3 N–H and O–H groups in total. The van der Waals surface area contributed by atoms with E-state index in [1.807, 2.05) is 48.5 Å². The molecule has 2 aromatic carbocycles. The first-order valence-electron chi connectivity index (χ1n) is 7.53. The lowest BCUT2D eigenvalue weighted by Crippen LogP contribution is -2.54. The standard InChI is InChI=1S/C18H19BrN2O2/c1-18(20,13-6-8-14(19)9-7-13)17(22)21-15-10-12-4-2-3-5-16(12)23-11-15/h2-9,15H,10-11,20H2,1H3,(H,21,22). The number of ether oxygens (including phenoxy) is 1. The fourth-order valence-corrected chi connectivity index (χ4v) is 2.95. The monoisotopic (exact) mass is 374 g/mol.